The van der Waals surface area contributed by atoms with Crippen LogP contribution in [0.5, 0.6) is 0 Å². The molecular formula is C11H20I2N2. The maximum Gasteiger partial charge on any atom is 0.0589 e. The molecule has 2 saturated heterocycles. The molecular weight excluding hydrogens is 414 g/mol. The highest BCUT2D eigenvalue weighted by Gasteiger charge is 2.37. The minimum absolute atomic E-state index is 0.712. The average molecular weight is 434 g/mol. The molecule has 0 amide bonds. The predicted molar refractivity (Wildman–Crippen MR) is 81.5 cm³/mol. The smallest absolute Gasteiger partial charge is 0.0589 e. The number of alkyl halides is 1. The van der Waals surface area contributed by atoms with Gasteiger partial charge in [-0.25, -0.2) is 3.11 Å². The van der Waals surface area contributed by atoms with E-state index in [9.17, 15) is 0 Å². The number of halogens is 2. The Morgan fingerprint density at radius 2 is 1.47 bits per heavy atom. The van der Waals surface area contributed by atoms with E-state index < -0.39 is 0 Å². The summed E-state index contributed by atoms with van der Waals surface area (Å²) in [5, 5.41) is 0. The third kappa shape index (κ3) is 3.19. The van der Waals surface area contributed by atoms with E-state index in [1.54, 1.807) is 0 Å². The lowest BCUT2D eigenvalue weighted by Crippen LogP contribution is -2.46. The normalized spacial score (nSPS) is 30.6. The van der Waals surface area contributed by atoms with E-state index in [0.717, 1.165) is 0 Å². The second-order valence-corrected chi connectivity index (χ2v) is 8.19. The molecule has 0 saturated carbocycles. The van der Waals surface area contributed by atoms with Gasteiger partial charge in [0.05, 0.1) is 4.05 Å². The average Bonchev–Trinajstić information content (AvgIpc) is 2.24. The number of piperidine rings is 2. The fraction of sp³-hybridized carbons (Fsp3) is 1.00. The molecule has 2 nitrogen and oxygen atoms in total. The fourth-order valence-corrected chi connectivity index (χ4v) is 3.85. The zero-order valence-electron chi connectivity index (χ0n) is 9.38. The van der Waals surface area contributed by atoms with Gasteiger partial charge in [0.25, 0.3) is 0 Å². The van der Waals surface area contributed by atoms with Gasteiger partial charge in [0.2, 0.25) is 0 Å². The second kappa shape index (κ2) is 5.35. The first-order valence-corrected chi connectivity index (χ1v) is 8.11. The summed E-state index contributed by atoms with van der Waals surface area (Å²) in [5.74, 6) is 0. The zero-order chi connectivity index (χ0) is 10.9. The largest absolute Gasteiger partial charge is 0.292 e. The molecule has 2 aliphatic heterocycles. The van der Waals surface area contributed by atoms with Gasteiger partial charge in [0.1, 0.15) is 0 Å². The maximum atomic E-state index is 2.63. The van der Waals surface area contributed by atoms with Crippen LogP contribution < -0.4 is 0 Å². The van der Waals surface area contributed by atoms with Gasteiger partial charge in [-0.3, -0.25) is 4.90 Å². The van der Waals surface area contributed by atoms with Crippen LogP contribution in [0.2, 0.25) is 0 Å². The van der Waals surface area contributed by atoms with E-state index in [1.165, 1.54) is 51.9 Å². The fourth-order valence-electron chi connectivity index (χ4n) is 2.81. The van der Waals surface area contributed by atoms with Crippen LogP contribution in [0, 0.1) is 5.41 Å². The minimum atomic E-state index is 0.712. The van der Waals surface area contributed by atoms with Crippen molar-refractivity contribution >= 4 is 45.5 Å². The summed E-state index contributed by atoms with van der Waals surface area (Å²) in [6.07, 6.45) is 5.73. The molecule has 1 unspecified atom stereocenters. The Kier molecular flexibility index (Phi) is 4.58. The van der Waals surface area contributed by atoms with Crippen molar-refractivity contribution in [3.8, 4) is 0 Å². The van der Waals surface area contributed by atoms with E-state index in [2.05, 4.69) is 60.4 Å². The number of hydrogen-bond acceptors (Lipinski definition) is 2. The van der Waals surface area contributed by atoms with Gasteiger partial charge >= 0.3 is 0 Å². The monoisotopic (exact) mass is 434 g/mol. The van der Waals surface area contributed by atoms with Gasteiger partial charge in [-0.2, -0.15) is 0 Å². The number of rotatable bonds is 1. The highest BCUT2D eigenvalue weighted by molar-refractivity contribution is 14.1. The van der Waals surface area contributed by atoms with E-state index in [0.29, 0.717) is 9.46 Å². The molecule has 0 bridgehead atoms. The molecule has 15 heavy (non-hydrogen) atoms. The standard InChI is InChI=1S/C11H20I2N2/c1-10(12)14-6-2-11(3-7-14)4-8-15(13)9-5-11/h10H,2-9H2,1H3. The molecule has 2 heterocycles. The molecule has 1 spiro atoms. The summed E-state index contributed by atoms with van der Waals surface area (Å²) in [6.45, 7) is 7.57. The van der Waals surface area contributed by atoms with Gasteiger partial charge in [-0.1, -0.05) is 22.6 Å². The Balaban J connectivity index is 1.86. The molecule has 0 aromatic heterocycles. The van der Waals surface area contributed by atoms with E-state index in [1.807, 2.05) is 0 Å². The summed E-state index contributed by atoms with van der Waals surface area (Å²) < 4.78 is 3.17. The van der Waals surface area contributed by atoms with Crippen molar-refractivity contribution in [1.29, 1.82) is 0 Å². The van der Waals surface area contributed by atoms with Crippen LogP contribution in [0.4, 0.5) is 0 Å². The van der Waals surface area contributed by atoms with Crippen LogP contribution in [0.15, 0.2) is 0 Å². The highest BCUT2D eigenvalue weighted by Crippen LogP contribution is 2.42. The number of hydrogen-bond donors (Lipinski definition) is 0. The highest BCUT2D eigenvalue weighted by atomic mass is 127. The molecule has 0 aliphatic carbocycles. The predicted octanol–water partition coefficient (Wildman–Crippen LogP) is 3.30. The Bertz CT molecular complexity index is 203. The van der Waals surface area contributed by atoms with E-state index >= 15 is 0 Å². The van der Waals surface area contributed by atoms with Crippen LogP contribution in [-0.4, -0.2) is 38.2 Å². The van der Waals surface area contributed by atoms with Crippen molar-refractivity contribution < 1.29 is 0 Å². The molecule has 2 fully saturated rings. The van der Waals surface area contributed by atoms with Gasteiger partial charge in [-0.15, -0.1) is 0 Å². The van der Waals surface area contributed by atoms with Crippen LogP contribution >= 0.6 is 45.5 Å². The maximum absolute atomic E-state index is 2.63. The topological polar surface area (TPSA) is 6.48 Å². The number of nitrogens with zero attached hydrogens (tertiary/aromatic N) is 2. The van der Waals surface area contributed by atoms with Crippen LogP contribution in [-0.2, 0) is 0 Å². The second-order valence-electron chi connectivity index (χ2n) is 5.02. The molecule has 0 N–H and O–H groups in total. The Morgan fingerprint density at radius 3 is 1.93 bits per heavy atom. The molecule has 0 aromatic carbocycles. The third-order valence-electron chi connectivity index (χ3n) is 4.13. The molecule has 2 rings (SSSR count). The zero-order valence-corrected chi connectivity index (χ0v) is 13.7. The summed E-state index contributed by atoms with van der Waals surface area (Å²) >= 11 is 5.01. The van der Waals surface area contributed by atoms with Crippen LogP contribution in [0.1, 0.15) is 32.6 Å². The first-order chi connectivity index (χ1) is 7.11. The summed E-state index contributed by atoms with van der Waals surface area (Å²) in [5.41, 5.74) is 0.712. The van der Waals surface area contributed by atoms with Crippen LogP contribution in [0.3, 0.4) is 0 Å². The summed E-state index contributed by atoms with van der Waals surface area (Å²) in [4.78, 5) is 2.63. The quantitative estimate of drug-likeness (QED) is 0.271. The first kappa shape index (κ1) is 12.8. The molecule has 88 valence electrons. The van der Waals surface area contributed by atoms with Crippen molar-refractivity contribution in [2.45, 2.75) is 36.7 Å². The molecule has 0 radical (unpaired) electrons. The van der Waals surface area contributed by atoms with E-state index in [4.69, 9.17) is 0 Å². The Morgan fingerprint density at radius 1 is 1.00 bits per heavy atom. The third-order valence-corrected chi connectivity index (χ3v) is 5.88. The van der Waals surface area contributed by atoms with Crippen molar-refractivity contribution in [3.05, 3.63) is 0 Å². The lowest BCUT2D eigenvalue weighted by atomic mass is 9.71. The first-order valence-electron chi connectivity index (χ1n) is 5.90. The lowest BCUT2D eigenvalue weighted by molar-refractivity contribution is 0.0614. The van der Waals surface area contributed by atoms with E-state index in [-0.39, 0.29) is 0 Å². The Hall–Kier alpha value is 1.38. The SMILES string of the molecule is CC(I)N1CCC2(CCN(I)CC2)CC1. The van der Waals surface area contributed by atoms with Crippen molar-refractivity contribution in [3.63, 3.8) is 0 Å². The van der Waals surface area contributed by atoms with Gasteiger partial charge in [-0.05, 0) is 51.1 Å². The minimum Gasteiger partial charge on any atom is -0.292 e. The van der Waals surface area contributed by atoms with Gasteiger partial charge < -0.3 is 0 Å². The molecule has 0 aromatic rings. The molecule has 4 heteroatoms. The van der Waals surface area contributed by atoms with Crippen molar-refractivity contribution in [1.82, 2.24) is 8.01 Å². The number of likely N-dealkylation sites (tertiary alicyclic amines) is 1. The van der Waals surface area contributed by atoms with Gasteiger partial charge in [0.15, 0.2) is 0 Å². The van der Waals surface area contributed by atoms with Crippen molar-refractivity contribution in [2.24, 2.45) is 5.41 Å². The Labute approximate surface area is 121 Å². The molecule has 1 atom stereocenters. The molecule has 2 aliphatic rings. The summed E-state index contributed by atoms with van der Waals surface area (Å²) in [6, 6.07) is 0. The lowest BCUT2D eigenvalue weighted by Gasteiger charge is -2.46. The van der Waals surface area contributed by atoms with Gasteiger partial charge in [0, 0.05) is 36.0 Å². The van der Waals surface area contributed by atoms with Crippen molar-refractivity contribution in [2.75, 3.05) is 26.2 Å². The summed E-state index contributed by atoms with van der Waals surface area (Å²) in [7, 11) is 0. The van der Waals surface area contributed by atoms with Crippen LogP contribution in [0.25, 0.3) is 0 Å².